The molecule has 0 saturated carbocycles. The number of aliphatic carboxylic acids is 1. The van der Waals surface area contributed by atoms with Crippen LogP contribution in [0.3, 0.4) is 0 Å². The van der Waals surface area contributed by atoms with Crippen LogP contribution in [0, 0.1) is 0 Å². The molecule has 0 radical (unpaired) electrons. The van der Waals surface area contributed by atoms with Crippen LogP contribution in [0.2, 0.25) is 0 Å². The van der Waals surface area contributed by atoms with Crippen LogP contribution in [0.1, 0.15) is 24.0 Å². The summed E-state index contributed by atoms with van der Waals surface area (Å²) >= 11 is 0. The lowest BCUT2D eigenvalue weighted by atomic mass is 9.97. The highest BCUT2D eigenvalue weighted by atomic mass is 16.4. The van der Waals surface area contributed by atoms with Crippen molar-refractivity contribution in [2.45, 2.75) is 25.0 Å². The molecule has 0 fully saturated rings. The summed E-state index contributed by atoms with van der Waals surface area (Å²) in [4.78, 5) is 10.4. The van der Waals surface area contributed by atoms with Crippen LogP contribution in [-0.2, 0) is 4.79 Å². The Morgan fingerprint density at radius 2 is 1.48 bits per heavy atom. The Labute approximate surface area is 147 Å². The van der Waals surface area contributed by atoms with Crippen molar-refractivity contribution in [1.82, 2.24) is 0 Å². The fourth-order valence-electron chi connectivity index (χ4n) is 2.51. The predicted molar refractivity (Wildman–Crippen MR) is 95.4 cm³/mol. The summed E-state index contributed by atoms with van der Waals surface area (Å²) in [6.45, 7) is 0. The number of aliphatic hydroxyl groups is 2. The fraction of sp³-hybridized carbons (Fsp3) is 0.190. The minimum atomic E-state index is -1.33. The number of rotatable bonds is 8. The maximum Gasteiger partial charge on any atom is 0.0748 e. The van der Waals surface area contributed by atoms with Gasteiger partial charge in [0, 0.05) is 18.8 Å². The van der Waals surface area contributed by atoms with Crippen molar-refractivity contribution in [2.24, 2.45) is 0 Å². The van der Waals surface area contributed by atoms with Gasteiger partial charge in [-0.3, -0.25) is 0 Å². The van der Waals surface area contributed by atoms with E-state index in [1.807, 2.05) is 66.7 Å². The maximum atomic E-state index is 10.4. The Hall–Kier alpha value is -2.69. The zero-order chi connectivity index (χ0) is 18.1. The van der Waals surface area contributed by atoms with E-state index in [0.29, 0.717) is 0 Å². The van der Waals surface area contributed by atoms with E-state index in [2.05, 4.69) is 0 Å². The second-order valence-corrected chi connectivity index (χ2v) is 5.73. The standard InChI is InChI=1S/C21H22O4/c22-18(14-19(23)15-21(24)25)12-7-13-20(16-8-3-1-4-9-16)17-10-5-2-6-11-17/h1-13,18-19,22-23H,14-15H2,(H,24,25)/p-1/b12-7+. The molecule has 4 nitrogen and oxygen atoms in total. The van der Waals surface area contributed by atoms with Crippen LogP contribution in [0.25, 0.3) is 5.57 Å². The lowest BCUT2D eigenvalue weighted by Gasteiger charge is -2.13. The number of allylic oxidation sites excluding steroid dienone is 2. The van der Waals surface area contributed by atoms with Crippen LogP contribution in [0.5, 0.6) is 0 Å². The first kappa shape index (κ1) is 18.6. The molecule has 0 spiro atoms. The van der Waals surface area contributed by atoms with Gasteiger partial charge in [-0.1, -0.05) is 78.9 Å². The molecule has 2 aromatic carbocycles. The normalized spacial score (nSPS) is 13.4. The molecule has 0 amide bonds. The van der Waals surface area contributed by atoms with Crippen molar-refractivity contribution in [3.05, 3.63) is 90.0 Å². The largest absolute Gasteiger partial charge is 0.550 e. The zero-order valence-electron chi connectivity index (χ0n) is 13.8. The van der Waals surface area contributed by atoms with E-state index in [1.54, 1.807) is 6.08 Å². The molecule has 4 heteroatoms. The summed E-state index contributed by atoms with van der Waals surface area (Å²) in [5, 5.41) is 29.8. The first-order chi connectivity index (χ1) is 12.1. The molecule has 25 heavy (non-hydrogen) atoms. The molecule has 130 valence electrons. The second kappa shape index (κ2) is 9.57. The highest BCUT2D eigenvalue weighted by Gasteiger charge is 2.09. The average Bonchev–Trinajstić information content (AvgIpc) is 2.59. The topological polar surface area (TPSA) is 80.6 Å². The molecule has 0 bridgehead atoms. The lowest BCUT2D eigenvalue weighted by Crippen LogP contribution is -2.29. The van der Waals surface area contributed by atoms with Crippen LogP contribution in [-0.4, -0.2) is 28.4 Å². The Morgan fingerprint density at radius 3 is 1.96 bits per heavy atom. The van der Waals surface area contributed by atoms with Gasteiger partial charge in [0.25, 0.3) is 0 Å². The third-order valence-electron chi connectivity index (χ3n) is 3.68. The Bertz CT molecular complexity index is 679. The minimum Gasteiger partial charge on any atom is -0.550 e. The summed E-state index contributed by atoms with van der Waals surface area (Å²) in [6, 6.07) is 19.8. The van der Waals surface area contributed by atoms with Crippen molar-refractivity contribution < 1.29 is 20.1 Å². The smallest absolute Gasteiger partial charge is 0.0748 e. The van der Waals surface area contributed by atoms with E-state index in [-0.39, 0.29) is 6.42 Å². The Morgan fingerprint density at radius 1 is 0.960 bits per heavy atom. The van der Waals surface area contributed by atoms with Crippen LogP contribution < -0.4 is 5.11 Å². The van der Waals surface area contributed by atoms with Crippen LogP contribution >= 0.6 is 0 Å². The van der Waals surface area contributed by atoms with Crippen LogP contribution in [0.15, 0.2) is 78.9 Å². The summed E-state index contributed by atoms with van der Waals surface area (Å²) in [5.41, 5.74) is 3.09. The van der Waals surface area contributed by atoms with E-state index in [9.17, 15) is 20.1 Å². The molecular weight excluding hydrogens is 316 g/mol. The molecule has 0 aliphatic heterocycles. The molecule has 2 aromatic rings. The molecule has 0 aliphatic rings. The first-order valence-corrected chi connectivity index (χ1v) is 8.11. The van der Waals surface area contributed by atoms with Gasteiger partial charge < -0.3 is 20.1 Å². The van der Waals surface area contributed by atoms with E-state index in [0.717, 1.165) is 16.7 Å². The Kier molecular flexibility index (Phi) is 7.14. The van der Waals surface area contributed by atoms with Gasteiger partial charge in [0.1, 0.15) is 0 Å². The van der Waals surface area contributed by atoms with Crippen LogP contribution in [0.4, 0.5) is 0 Å². The molecular formula is C21H21O4-. The molecule has 0 aliphatic carbocycles. The molecule has 2 N–H and O–H groups in total. The van der Waals surface area contributed by atoms with Gasteiger partial charge >= 0.3 is 0 Å². The average molecular weight is 337 g/mol. The van der Waals surface area contributed by atoms with Gasteiger partial charge in [0.05, 0.1) is 12.2 Å². The molecule has 2 rings (SSSR count). The monoisotopic (exact) mass is 337 g/mol. The lowest BCUT2D eigenvalue weighted by molar-refractivity contribution is -0.307. The second-order valence-electron chi connectivity index (χ2n) is 5.73. The van der Waals surface area contributed by atoms with Gasteiger partial charge in [-0.15, -0.1) is 0 Å². The van der Waals surface area contributed by atoms with Crippen molar-refractivity contribution in [3.63, 3.8) is 0 Å². The summed E-state index contributed by atoms with van der Waals surface area (Å²) in [5.74, 6) is -1.33. The highest BCUT2D eigenvalue weighted by Crippen LogP contribution is 2.23. The van der Waals surface area contributed by atoms with Crippen molar-refractivity contribution >= 4 is 11.5 Å². The van der Waals surface area contributed by atoms with E-state index < -0.39 is 24.6 Å². The number of hydrogen-bond donors (Lipinski definition) is 2. The quantitative estimate of drug-likeness (QED) is 0.721. The van der Waals surface area contributed by atoms with E-state index >= 15 is 0 Å². The third-order valence-corrected chi connectivity index (χ3v) is 3.68. The summed E-state index contributed by atoms with van der Waals surface area (Å²) in [7, 11) is 0. The number of carbonyl (C=O) groups is 1. The number of hydrogen-bond acceptors (Lipinski definition) is 4. The molecule has 2 atom stereocenters. The predicted octanol–water partition coefficient (Wildman–Crippen LogP) is 1.93. The van der Waals surface area contributed by atoms with Crippen molar-refractivity contribution in [1.29, 1.82) is 0 Å². The van der Waals surface area contributed by atoms with Gasteiger partial charge in [-0.2, -0.15) is 0 Å². The van der Waals surface area contributed by atoms with Crippen molar-refractivity contribution in [3.8, 4) is 0 Å². The van der Waals surface area contributed by atoms with Gasteiger partial charge in [0.15, 0.2) is 0 Å². The number of carboxylic acids is 1. The number of carbonyl (C=O) groups excluding carboxylic acids is 1. The van der Waals surface area contributed by atoms with Gasteiger partial charge in [-0.25, -0.2) is 0 Å². The number of aliphatic hydroxyl groups excluding tert-OH is 2. The summed E-state index contributed by atoms with van der Waals surface area (Å²) < 4.78 is 0. The zero-order valence-corrected chi connectivity index (χ0v) is 13.8. The third kappa shape index (κ3) is 6.37. The van der Waals surface area contributed by atoms with Crippen molar-refractivity contribution in [2.75, 3.05) is 0 Å². The maximum absolute atomic E-state index is 10.4. The molecule has 0 heterocycles. The van der Waals surface area contributed by atoms with E-state index in [4.69, 9.17) is 0 Å². The Balaban J connectivity index is 2.14. The SMILES string of the molecule is O=C([O-])CC(O)CC(O)/C=C/C=C(c1ccccc1)c1ccccc1. The van der Waals surface area contributed by atoms with Gasteiger partial charge in [-0.05, 0) is 16.7 Å². The highest BCUT2D eigenvalue weighted by molar-refractivity contribution is 5.80. The number of benzene rings is 2. The number of carboxylic acid groups (broad SMARTS) is 1. The van der Waals surface area contributed by atoms with E-state index in [1.165, 1.54) is 6.08 Å². The molecule has 2 unspecified atom stereocenters. The minimum absolute atomic E-state index is 0.0513. The molecule has 0 saturated heterocycles. The first-order valence-electron chi connectivity index (χ1n) is 8.11. The fourth-order valence-corrected chi connectivity index (χ4v) is 2.51. The van der Waals surface area contributed by atoms with Gasteiger partial charge in [0.2, 0.25) is 0 Å². The molecule has 0 aromatic heterocycles. The summed E-state index contributed by atoms with van der Waals surface area (Å²) in [6.07, 6.45) is 2.54.